The number of hydrogen-bond acceptors (Lipinski definition) is 4. The summed E-state index contributed by atoms with van der Waals surface area (Å²) in [5, 5.41) is 12.2. The van der Waals surface area contributed by atoms with Gasteiger partial charge in [0, 0.05) is 20.6 Å². The molecule has 96 valence electrons. The summed E-state index contributed by atoms with van der Waals surface area (Å²) in [5.41, 5.74) is 1.41. The van der Waals surface area contributed by atoms with Crippen molar-refractivity contribution in [3.05, 3.63) is 35.4 Å². The lowest BCUT2D eigenvalue weighted by Crippen LogP contribution is -2.41. The fourth-order valence-corrected chi connectivity index (χ4v) is 1.95. The van der Waals surface area contributed by atoms with Gasteiger partial charge in [0.15, 0.2) is 5.96 Å². The summed E-state index contributed by atoms with van der Waals surface area (Å²) in [5.74, 6) is -0.0257. The Kier molecular flexibility index (Phi) is 3.50. The van der Waals surface area contributed by atoms with Crippen LogP contribution in [0.3, 0.4) is 0 Å². The maximum atomic E-state index is 10.8. The standard InChI is InChI=1S/C13H17N3O2/c1-16(2)13-14-8-7-11(15-13)9-3-5-10(6-4-9)12(17)18/h3-6,11H,7-8H2,1-2H3,(H,14,15)(H,17,18). The highest BCUT2D eigenvalue weighted by atomic mass is 16.4. The minimum Gasteiger partial charge on any atom is -0.478 e. The molecule has 2 rings (SSSR count). The first-order chi connectivity index (χ1) is 8.58. The number of aliphatic imine (C=N–C) groups is 1. The summed E-state index contributed by atoms with van der Waals surface area (Å²) in [7, 11) is 3.89. The lowest BCUT2D eigenvalue weighted by molar-refractivity contribution is 0.0697. The van der Waals surface area contributed by atoms with E-state index in [9.17, 15) is 4.79 Å². The molecule has 0 saturated heterocycles. The van der Waals surface area contributed by atoms with E-state index in [4.69, 9.17) is 5.11 Å². The van der Waals surface area contributed by atoms with E-state index in [-0.39, 0.29) is 6.04 Å². The van der Waals surface area contributed by atoms with Crippen LogP contribution in [0, 0.1) is 0 Å². The number of rotatable bonds is 2. The van der Waals surface area contributed by atoms with Crippen molar-refractivity contribution in [3.63, 3.8) is 0 Å². The largest absolute Gasteiger partial charge is 0.478 e. The van der Waals surface area contributed by atoms with Crippen LogP contribution < -0.4 is 5.32 Å². The summed E-state index contributed by atoms with van der Waals surface area (Å²) in [6, 6.07) is 7.20. The fraction of sp³-hybridized carbons (Fsp3) is 0.385. The summed E-state index contributed by atoms with van der Waals surface area (Å²) < 4.78 is 0. The van der Waals surface area contributed by atoms with Gasteiger partial charge >= 0.3 is 5.97 Å². The molecular formula is C13H17N3O2. The normalized spacial score (nSPS) is 18.8. The number of nitrogens with zero attached hydrogens (tertiary/aromatic N) is 2. The number of carbonyl (C=O) groups is 1. The van der Waals surface area contributed by atoms with E-state index in [0.29, 0.717) is 5.56 Å². The smallest absolute Gasteiger partial charge is 0.335 e. The Morgan fingerprint density at radius 1 is 1.39 bits per heavy atom. The molecule has 18 heavy (non-hydrogen) atoms. The molecule has 1 heterocycles. The molecule has 1 aromatic rings. The van der Waals surface area contributed by atoms with E-state index in [0.717, 1.165) is 24.5 Å². The first-order valence-corrected chi connectivity index (χ1v) is 5.89. The highest BCUT2D eigenvalue weighted by molar-refractivity contribution is 5.87. The molecule has 1 aliphatic heterocycles. The highest BCUT2D eigenvalue weighted by Crippen LogP contribution is 2.20. The van der Waals surface area contributed by atoms with Gasteiger partial charge in [-0.2, -0.15) is 0 Å². The number of aromatic carboxylic acids is 1. The van der Waals surface area contributed by atoms with Crippen molar-refractivity contribution in [2.45, 2.75) is 12.5 Å². The number of benzene rings is 1. The molecule has 1 atom stereocenters. The van der Waals surface area contributed by atoms with Gasteiger partial charge in [0.05, 0.1) is 11.6 Å². The van der Waals surface area contributed by atoms with Gasteiger partial charge in [-0.15, -0.1) is 0 Å². The number of guanidine groups is 1. The van der Waals surface area contributed by atoms with Crippen molar-refractivity contribution in [1.29, 1.82) is 0 Å². The van der Waals surface area contributed by atoms with Crippen LogP contribution in [-0.4, -0.2) is 42.6 Å². The Labute approximate surface area is 106 Å². The van der Waals surface area contributed by atoms with Crippen LogP contribution >= 0.6 is 0 Å². The maximum Gasteiger partial charge on any atom is 0.335 e. The van der Waals surface area contributed by atoms with Crippen molar-refractivity contribution >= 4 is 11.9 Å². The van der Waals surface area contributed by atoms with E-state index in [2.05, 4.69) is 10.3 Å². The van der Waals surface area contributed by atoms with Gasteiger partial charge in [0.1, 0.15) is 0 Å². The second-order valence-corrected chi connectivity index (χ2v) is 4.51. The van der Waals surface area contributed by atoms with E-state index < -0.39 is 5.97 Å². The first-order valence-electron chi connectivity index (χ1n) is 5.89. The molecule has 0 bridgehead atoms. The molecular weight excluding hydrogens is 230 g/mol. The Hall–Kier alpha value is -2.04. The summed E-state index contributed by atoms with van der Waals surface area (Å²) in [6.45, 7) is 0.784. The summed E-state index contributed by atoms with van der Waals surface area (Å²) in [4.78, 5) is 17.1. The number of hydrogen-bond donors (Lipinski definition) is 2. The molecule has 0 aliphatic carbocycles. The number of carboxylic acid groups (broad SMARTS) is 1. The zero-order valence-electron chi connectivity index (χ0n) is 10.6. The third-order valence-electron chi connectivity index (χ3n) is 2.97. The van der Waals surface area contributed by atoms with Crippen molar-refractivity contribution in [1.82, 2.24) is 10.2 Å². The minimum absolute atomic E-state index is 0.197. The van der Waals surface area contributed by atoms with Crippen molar-refractivity contribution in [2.75, 3.05) is 20.6 Å². The first kappa shape index (κ1) is 12.4. The molecule has 5 heteroatoms. The Morgan fingerprint density at radius 3 is 2.61 bits per heavy atom. The minimum atomic E-state index is -0.895. The molecule has 1 unspecified atom stereocenters. The predicted molar refractivity (Wildman–Crippen MR) is 69.9 cm³/mol. The SMILES string of the molecule is CN(C)C1=NCCC(c2ccc(C(=O)O)cc2)N1. The number of carboxylic acids is 1. The van der Waals surface area contributed by atoms with Crippen LogP contribution in [0.2, 0.25) is 0 Å². The quantitative estimate of drug-likeness (QED) is 0.827. The molecule has 2 N–H and O–H groups in total. The maximum absolute atomic E-state index is 10.8. The van der Waals surface area contributed by atoms with E-state index in [1.807, 2.05) is 31.1 Å². The Balaban J connectivity index is 2.13. The molecule has 0 amide bonds. The lowest BCUT2D eigenvalue weighted by atomic mass is 10.0. The second-order valence-electron chi connectivity index (χ2n) is 4.51. The average Bonchev–Trinajstić information content (AvgIpc) is 2.39. The van der Waals surface area contributed by atoms with Crippen LogP contribution in [0.4, 0.5) is 0 Å². The van der Waals surface area contributed by atoms with E-state index in [1.165, 1.54) is 0 Å². The average molecular weight is 247 g/mol. The fourth-order valence-electron chi connectivity index (χ4n) is 1.95. The van der Waals surface area contributed by atoms with Crippen molar-refractivity contribution in [2.24, 2.45) is 4.99 Å². The third-order valence-corrected chi connectivity index (χ3v) is 2.97. The highest BCUT2D eigenvalue weighted by Gasteiger charge is 2.18. The number of nitrogens with one attached hydrogen (secondary N) is 1. The van der Waals surface area contributed by atoms with Crippen LogP contribution in [0.1, 0.15) is 28.4 Å². The predicted octanol–water partition coefficient (Wildman–Crippen LogP) is 1.34. The van der Waals surface area contributed by atoms with Crippen molar-refractivity contribution < 1.29 is 9.90 Å². The van der Waals surface area contributed by atoms with Crippen LogP contribution in [0.25, 0.3) is 0 Å². The van der Waals surface area contributed by atoms with Gasteiger partial charge in [-0.25, -0.2) is 4.79 Å². The molecule has 0 saturated carbocycles. The summed E-state index contributed by atoms with van der Waals surface area (Å²) in [6.07, 6.45) is 0.920. The Morgan fingerprint density at radius 2 is 2.06 bits per heavy atom. The topological polar surface area (TPSA) is 64.9 Å². The van der Waals surface area contributed by atoms with E-state index in [1.54, 1.807) is 12.1 Å². The van der Waals surface area contributed by atoms with Crippen LogP contribution in [0.5, 0.6) is 0 Å². The Bertz CT molecular complexity index is 466. The van der Waals surface area contributed by atoms with Gasteiger partial charge < -0.3 is 15.3 Å². The van der Waals surface area contributed by atoms with Crippen LogP contribution in [0.15, 0.2) is 29.3 Å². The third kappa shape index (κ3) is 2.61. The van der Waals surface area contributed by atoms with Crippen molar-refractivity contribution in [3.8, 4) is 0 Å². The molecule has 1 aliphatic rings. The van der Waals surface area contributed by atoms with Crippen LogP contribution in [-0.2, 0) is 0 Å². The zero-order valence-corrected chi connectivity index (χ0v) is 10.6. The molecule has 0 fully saturated rings. The molecule has 5 nitrogen and oxygen atoms in total. The van der Waals surface area contributed by atoms with Gasteiger partial charge in [-0.1, -0.05) is 12.1 Å². The molecule has 0 radical (unpaired) electrons. The van der Waals surface area contributed by atoms with Gasteiger partial charge in [-0.3, -0.25) is 4.99 Å². The second kappa shape index (κ2) is 5.08. The zero-order chi connectivity index (χ0) is 13.1. The van der Waals surface area contributed by atoms with Gasteiger partial charge in [-0.05, 0) is 24.1 Å². The van der Waals surface area contributed by atoms with E-state index >= 15 is 0 Å². The molecule has 0 aromatic heterocycles. The monoisotopic (exact) mass is 247 g/mol. The molecule has 1 aromatic carbocycles. The lowest BCUT2D eigenvalue weighted by Gasteiger charge is -2.28. The molecule has 0 spiro atoms. The van der Waals surface area contributed by atoms with Gasteiger partial charge in [0.25, 0.3) is 0 Å². The summed E-state index contributed by atoms with van der Waals surface area (Å²) >= 11 is 0. The van der Waals surface area contributed by atoms with Gasteiger partial charge in [0.2, 0.25) is 0 Å².